The van der Waals surface area contributed by atoms with Crippen LogP contribution in [0.15, 0.2) is 0 Å². The van der Waals surface area contributed by atoms with E-state index in [0.29, 0.717) is 19.4 Å². The van der Waals surface area contributed by atoms with E-state index in [-0.39, 0.29) is 18.2 Å². The molecule has 1 aliphatic heterocycles. The van der Waals surface area contributed by atoms with Gasteiger partial charge in [0.2, 0.25) is 11.8 Å². The van der Waals surface area contributed by atoms with Crippen molar-refractivity contribution < 1.29 is 19.5 Å². The van der Waals surface area contributed by atoms with Gasteiger partial charge in [0.05, 0.1) is 5.92 Å². The van der Waals surface area contributed by atoms with Crippen molar-refractivity contribution in [3.63, 3.8) is 0 Å². The molecular formula is C10H14N2O4. The number of carbonyl (C=O) groups is 3. The highest BCUT2D eigenvalue weighted by molar-refractivity contribution is 5.93. The summed E-state index contributed by atoms with van der Waals surface area (Å²) in [5.74, 6) is -1.90. The van der Waals surface area contributed by atoms with Gasteiger partial charge < -0.3 is 15.7 Å². The summed E-state index contributed by atoms with van der Waals surface area (Å²) >= 11 is 0. The van der Waals surface area contributed by atoms with E-state index in [1.807, 2.05) is 0 Å². The van der Waals surface area contributed by atoms with Crippen molar-refractivity contribution in [3.05, 3.63) is 0 Å². The second kappa shape index (κ2) is 3.77. The van der Waals surface area contributed by atoms with Crippen molar-refractivity contribution in [3.8, 4) is 0 Å². The second-order valence-corrected chi connectivity index (χ2v) is 4.44. The number of nitrogens with one attached hydrogen (secondary N) is 2. The molecule has 6 heteroatoms. The average molecular weight is 226 g/mol. The van der Waals surface area contributed by atoms with Gasteiger partial charge in [0, 0.05) is 13.0 Å². The number of carboxylic acids is 1. The fraction of sp³-hybridized carbons (Fsp3) is 0.700. The number of carbonyl (C=O) groups excluding carboxylic acids is 2. The van der Waals surface area contributed by atoms with Crippen molar-refractivity contribution in [2.24, 2.45) is 5.92 Å². The number of aliphatic carboxylic acids is 1. The lowest BCUT2D eigenvalue weighted by atomic mass is 9.76. The lowest BCUT2D eigenvalue weighted by molar-refractivity contribution is -0.152. The van der Waals surface area contributed by atoms with Crippen LogP contribution in [0.3, 0.4) is 0 Å². The smallest absolute Gasteiger partial charge is 0.329 e. The Labute approximate surface area is 92.4 Å². The van der Waals surface area contributed by atoms with Crippen LogP contribution < -0.4 is 10.6 Å². The Balaban J connectivity index is 1.96. The largest absolute Gasteiger partial charge is 0.480 e. The van der Waals surface area contributed by atoms with Gasteiger partial charge in [0.15, 0.2) is 0 Å². The summed E-state index contributed by atoms with van der Waals surface area (Å²) in [6.45, 7) is 0.306. The third kappa shape index (κ3) is 1.75. The van der Waals surface area contributed by atoms with Gasteiger partial charge in [-0.15, -0.1) is 0 Å². The number of carboxylic acid groups (broad SMARTS) is 1. The molecule has 2 fully saturated rings. The van der Waals surface area contributed by atoms with Crippen LogP contribution in [-0.2, 0) is 14.4 Å². The fourth-order valence-electron chi connectivity index (χ4n) is 2.05. The quantitative estimate of drug-likeness (QED) is 0.589. The zero-order valence-electron chi connectivity index (χ0n) is 8.78. The first-order valence-corrected chi connectivity index (χ1v) is 5.36. The standard InChI is InChI=1S/C10H14N2O4/c13-7-4-6(5-11-7)8(14)12-10(9(15)16)2-1-3-10/h6H,1-5H2,(H,11,13)(H,12,14)(H,15,16). The predicted molar refractivity (Wildman–Crippen MR) is 53.5 cm³/mol. The zero-order valence-corrected chi connectivity index (χ0v) is 8.78. The van der Waals surface area contributed by atoms with Crippen LogP contribution in [0.5, 0.6) is 0 Å². The first kappa shape index (κ1) is 10.9. The summed E-state index contributed by atoms with van der Waals surface area (Å²) in [6, 6.07) is 0. The molecule has 0 spiro atoms. The van der Waals surface area contributed by atoms with Gasteiger partial charge in [-0.25, -0.2) is 4.79 Å². The molecule has 1 saturated carbocycles. The van der Waals surface area contributed by atoms with E-state index in [4.69, 9.17) is 5.11 Å². The Kier molecular flexibility index (Phi) is 2.57. The monoisotopic (exact) mass is 226 g/mol. The molecule has 0 aromatic rings. The van der Waals surface area contributed by atoms with Gasteiger partial charge in [-0.2, -0.15) is 0 Å². The van der Waals surface area contributed by atoms with E-state index < -0.39 is 17.4 Å². The molecule has 1 aliphatic carbocycles. The molecule has 16 heavy (non-hydrogen) atoms. The summed E-state index contributed by atoms with van der Waals surface area (Å²) < 4.78 is 0. The van der Waals surface area contributed by atoms with Gasteiger partial charge >= 0.3 is 5.97 Å². The number of rotatable bonds is 3. The van der Waals surface area contributed by atoms with Crippen LogP contribution >= 0.6 is 0 Å². The van der Waals surface area contributed by atoms with Gasteiger partial charge in [-0.3, -0.25) is 9.59 Å². The molecule has 1 atom stereocenters. The normalized spacial score (nSPS) is 26.8. The maximum absolute atomic E-state index is 11.7. The lowest BCUT2D eigenvalue weighted by Crippen LogP contribution is -2.60. The molecule has 0 radical (unpaired) electrons. The SMILES string of the molecule is O=C1CC(C(=O)NC2(C(=O)O)CCC2)CN1. The Bertz CT molecular complexity index is 349. The molecule has 6 nitrogen and oxygen atoms in total. The number of hydrogen-bond acceptors (Lipinski definition) is 3. The average Bonchev–Trinajstić information content (AvgIpc) is 2.57. The Morgan fingerprint density at radius 3 is 2.50 bits per heavy atom. The van der Waals surface area contributed by atoms with Crippen molar-refractivity contribution in [1.82, 2.24) is 10.6 Å². The Hall–Kier alpha value is -1.59. The molecule has 3 N–H and O–H groups in total. The molecule has 2 amide bonds. The van der Waals surface area contributed by atoms with E-state index in [1.54, 1.807) is 0 Å². The third-order valence-electron chi connectivity index (χ3n) is 3.33. The highest BCUT2D eigenvalue weighted by Gasteiger charge is 2.46. The molecule has 2 aliphatic rings. The molecule has 1 unspecified atom stereocenters. The molecule has 0 aromatic heterocycles. The summed E-state index contributed by atoms with van der Waals surface area (Å²) in [7, 11) is 0. The van der Waals surface area contributed by atoms with Crippen LogP contribution in [0.1, 0.15) is 25.7 Å². The highest BCUT2D eigenvalue weighted by atomic mass is 16.4. The minimum Gasteiger partial charge on any atom is -0.480 e. The van der Waals surface area contributed by atoms with E-state index in [9.17, 15) is 14.4 Å². The van der Waals surface area contributed by atoms with Crippen molar-refractivity contribution in [1.29, 1.82) is 0 Å². The van der Waals surface area contributed by atoms with E-state index >= 15 is 0 Å². The Morgan fingerprint density at radius 1 is 1.44 bits per heavy atom. The van der Waals surface area contributed by atoms with E-state index in [0.717, 1.165) is 6.42 Å². The fourth-order valence-corrected chi connectivity index (χ4v) is 2.05. The highest BCUT2D eigenvalue weighted by Crippen LogP contribution is 2.32. The maximum atomic E-state index is 11.7. The summed E-state index contributed by atoms with van der Waals surface area (Å²) in [5, 5.41) is 14.1. The zero-order chi connectivity index (χ0) is 11.8. The molecule has 0 aromatic carbocycles. The van der Waals surface area contributed by atoms with Crippen molar-refractivity contribution >= 4 is 17.8 Å². The van der Waals surface area contributed by atoms with Crippen LogP contribution in [0, 0.1) is 5.92 Å². The summed E-state index contributed by atoms with van der Waals surface area (Å²) in [5.41, 5.74) is -1.08. The van der Waals surface area contributed by atoms with Gasteiger partial charge in [-0.05, 0) is 19.3 Å². The van der Waals surface area contributed by atoms with Gasteiger partial charge in [-0.1, -0.05) is 0 Å². The topological polar surface area (TPSA) is 95.5 Å². The maximum Gasteiger partial charge on any atom is 0.329 e. The molecule has 1 saturated heterocycles. The van der Waals surface area contributed by atoms with Crippen molar-refractivity contribution in [2.75, 3.05) is 6.54 Å². The third-order valence-corrected chi connectivity index (χ3v) is 3.33. The summed E-state index contributed by atoms with van der Waals surface area (Å²) in [4.78, 5) is 33.7. The predicted octanol–water partition coefficient (Wildman–Crippen LogP) is -0.754. The number of amides is 2. The molecular weight excluding hydrogens is 212 g/mol. The second-order valence-electron chi connectivity index (χ2n) is 4.44. The van der Waals surface area contributed by atoms with Gasteiger partial charge in [0.1, 0.15) is 5.54 Å². The van der Waals surface area contributed by atoms with Crippen LogP contribution in [0.25, 0.3) is 0 Å². The molecule has 2 rings (SSSR count). The molecule has 88 valence electrons. The Morgan fingerprint density at radius 2 is 2.12 bits per heavy atom. The molecule has 1 heterocycles. The minimum atomic E-state index is -1.08. The number of hydrogen-bond donors (Lipinski definition) is 3. The van der Waals surface area contributed by atoms with Crippen LogP contribution in [0.4, 0.5) is 0 Å². The van der Waals surface area contributed by atoms with Crippen LogP contribution in [0.2, 0.25) is 0 Å². The van der Waals surface area contributed by atoms with E-state index in [2.05, 4.69) is 10.6 Å². The lowest BCUT2D eigenvalue weighted by Gasteiger charge is -2.38. The van der Waals surface area contributed by atoms with Gasteiger partial charge in [0.25, 0.3) is 0 Å². The van der Waals surface area contributed by atoms with Crippen molar-refractivity contribution in [2.45, 2.75) is 31.2 Å². The first-order valence-electron chi connectivity index (χ1n) is 5.36. The first-order chi connectivity index (χ1) is 7.53. The summed E-state index contributed by atoms with van der Waals surface area (Å²) in [6.07, 6.45) is 1.92. The van der Waals surface area contributed by atoms with Crippen LogP contribution in [-0.4, -0.2) is 35.0 Å². The molecule has 0 bridgehead atoms. The minimum absolute atomic E-state index is 0.154. The van der Waals surface area contributed by atoms with E-state index in [1.165, 1.54) is 0 Å².